The van der Waals surface area contributed by atoms with Crippen molar-refractivity contribution in [1.82, 2.24) is 4.90 Å². The summed E-state index contributed by atoms with van der Waals surface area (Å²) >= 11 is 7.72. The Morgan fingerprint density at radius 3 is 2.79 bits per heavy atom. The lowest BCUT2D eigenvalue weighted by Crippen LogP contribution is -2.40. The molecule has 4 rings (SSSR count). The molecular formula is C18H17ClN2O2S. The summed E-state index contributed by atoms with van der Waals surface area (Å²) in [5.74, 6) is -0.300. The summed E-state index contributed by atoms with van der Waals surface area (Å²) in [6.07, 6.45) is 4.05. The molecule has 3 aliphatic rings. The number of rotatable bonds is 2. The third-order valence-electron chi connectivity index (χ3n) is 4.76. The molecule has 24 heavy (non-hydrogen) atoms. The van der Waals surface area contributed by atoms with Gasteiger partial charge in [-0.15, -0.1) is 0 Å². The van der Waals surface area contributed by atoms with Crippen molar-refractivity contribution in [2.24, 2.45) is 4.99 Å². The zero-order valence-corrected chi connectivity index (χ0v) is 14.9. The minimum absolute atomic E-state index is 0.127. The van der Waals surface area contributed by atoms with Crippen LogP contribution in [-0.2, 0) is 9.59 Å². The van der Waals surface area contributed by atoms with Gasteiger partial charge in [0.05, 0.1) is 6.04 Å². The minimum Gasteiger partial charge on any atom is -0.298 e. The van der Waals surface area contributed by atoms with Crippen molar-refractivity contribution in [3.8, 4) is 0 Å². The quantitative estimate of drug-likeness (QED) is 0.746. The Hall–Kier alpha value is -1.59. The Bertz CT molecular complexity index is 802. The summed E-state index contributed by atoms with van der Waals surface area (Å²) in [6, 6.07) is 7.41. The van der Waals surface area contributed by atoms with Crippen molar-refractivity contribution >= 4 is 40.2 Å². The maximum absolute atomic E-state index is 12.9. The number of amidine groups is 1. The lowest BCUT2D eigenvalue weighted by atomic mass is 9.86. The molecule has 4 nitrogen and oxygen atoms in total. The van der Waals surface area contributed by atoms with Crippen LogP contribution in [0.5, 0.6) is 0 Å². The number of benzene rings is 1. The van der Waals surface area contributed by atoms with E-state index in [1.807, 2.05) is 24.3 Å². The van der Waals surface area contributed by atoms with Crippen LogP contribution < -0.4 is 0 Å². The van der Waals surface area contributed by atoms with Gasteiger partial charge < -0.3 is 0 Å². The van der Waals surface area contributed by atoms with E-state index in [0.717, 1.165) is 36.9 Å². The van der Waals surface area contributed by atoms with Gasteiger partial charge >= 0.3 is 0 Å². The fraction of sp³-hybridized carbons (Fsp3) is 0.389. The van der Waals surface area contributed by atoms with E-state index in [0.29, 0.717) is 10.2 Å². The van der Waals surface area contributed by atoms with Gasteiger partial charge in [0.25, 0.3) is 5.91 Å². The summed E-state index contributed by atoms with van der Waals surface area (Å²) in [6.45, 7) is 1.46. The summed E-state index contributed by atoms with van der Waals surface area (Å²) < 4.78 is 0. The highest BCUT2D eigenvalue weighted by molar-refractivity contribution is 8.16. The maximum Gasteiger partial charge on any atom is 0.250 e. The second-order valence-corrected chi connectivity index (χ2v) is 7.79. The normalized spacial score (nSPS) is 26.2. The van der Waals surface area contributed by atoms with E-state index >= 15 is 0 Å². The molecule has 6 heteroatoms. The highest BCUT2D eigenvalue weighted by atomic mass is 35.5. The molecule has 2 aliphatic heterocycles. The largest absolute Gasteiger partial charge is 0.298 e. The number of allylic oxidation sites excluding steroid dienone is 1. The highest BCUT2D eigenvalue weighted by Gasteiger charge is 2.48. The molecule has 1 saturated heterocycles. The van der Waals surface area contributed by atoms with Crippen LogP contribution in [0.15, 0.2) is 40.5 Å². The van der Waals surface area contributed by atoms with E-state index in [2.05, 4.69) is 0 Å². The average Bonchev–Trinajstić information content (AvgIpc) is 2.90. The van der Waals surface area contributed by atoms with Gasteiger partial charge in [-0.3, -0.25) is 14.5 Å². The number of carbonyl (C=O) groups excluding carboxylic acids is 2. The van der Waals surface area contributed by atoms with Crippen LogP contribution in [-0.4, -0.2) is 27.0 Å². The van der Waals surface area contributed by atoms with E-state index in [-0.39, 0.29) is 17.7 Å². The first-order chi connectivity index (χ1) is 11.6. The van der Waals surface area contributed by atoms with Crippen molar-refractivity contribution in [3.63, 3.8) is 0 Å². The lowest BCUT2D eigenvalue weighted by molar-refractivity contribution is -0.131. The Balaban J connectivity index is 1.87. The SMILES string of the molecule is CC(=O)[C@H]1SC2=NC3=C(CCCC3)[C@@H](c3ccccc3Cl)N2C1=O. The first-order valence-corrected chi connectivity index (χ1v) is 9.39. The molecule has 0 saturated carbocycles. The molecule has 1 aromatic rings. The Morgan fingerprint density at radius 2 is 2.04 bits per heavy atom. The number of carbonyl (C=O) groups is 2. The van der Waals surface area contributed by atoms with E-state index in [1.54, 1.807) is 4.90 Å². The van der Waals surface area contributed by atoms with Crippen LogP contribution in [0.1, 0.15) is 44.2 Å². The van der Waals surface area contributed by atoms with Crippen LogP contribution in [0.3, 0.4) is 0 Å². The minimum atomic E-state index is -0.685. The predicted octanol–water partition coefficient (Wildman–Crippen LogP) is 4.11. The molecule has 0 bridgehead atoms. The molecule has 1 amide bonds. The van der Waals surface area contributed by atoms with E-state index < -0.39 is 5.25 Å². The van der Waals surface area contributed by atoms with E-state index in [9.17, 15) is 9.59 Å². The number of halogens is 1. The molecular weight excluding hydrogens is 344 g/mol. The smallest absolute Gasteiger partial charge is 0.250 e. The number of hydrogen-bond acceptors (Lipinski definition) is 4. The molecule has 2 atom stereocenters. The number of fused-ring (bicyclic) bond motifs is 1. The summed E-state index contributed by atoms with van der Waals surface area (Å²) in [5.41, 5.74) is 3.16. The zero-order valence-electron chi connectivity index (χ0n) is 13.3. The van der Waals surface area contributed by atoms with Crippen LogP contribution >= 0.6 is 23.4 Å². The molecule has 0 aromatic heterocycles. The van der Waals surface area contributed by atoms with Gasteiger partial charge in [-0.25, -0.2) is 4.99 Å². The van der Waals surface area contributed by atoms with Gasteiger partial charge in [0, 0.05) is 10.7 Å². The molecule has 1 fully saturated rings. The van der Waals surface area contributed by atoms with Gasteiger partial charge in [-0.2, -0.15) is 0 Å². The molecule has 124 valence electrons. The number of nitrogens with zero attached hydrogens (tertiary/aromatic N) is 2. The van der Waals surface area contributed by atoms with Crippen molar-refractivity contribution in [2.45, 2.75) is 43.9 Å². The van der Waals surface area contributed by atoms with Gasteiger partial charge in [-0.1, -0.05) is 41.6 Å². The molecule has 0 N–H and O–H groups in total. The third-order valence-corrected chi connectivity index (χ3v) is 6.37. The second kappa shape index (κ2) is 6.05. The van der Waals surface area contributed by atoms with Crippen LogP contribution in [0.4, 0.5) is 0 Å². The molecule has 2 heterocycles. The number of amides is 1. The topological polar surface area (TPSA) is 49.7 Å². The summed E-state index contributed by atoms with van der Waals surface area (Å²) in [4.78, 5) is 31.2. The maximum atomic E-state index is 12.9. The predicted molar refractivity (Wildman–Crippen MR) is 96.0 cm³/mol. The number of thioether (sulfide) groups is 1. The fourth-order valence-corrected chi connectivity index (χ4v) is 4.94. The van der Waals surface area contributed by atoms with E-state index in [1.165, 1.54) is 24.3 Å². The molecule has 1 aromatic carbocycles. The van der Waals surface area contributed by atoms with Crippen LogP contribution in [0.25, 0.3) is 0 Å². The fourth-order valence-electron chi connectivity index (χ4n) is 3.64. The summed E-state index contributed by atoms with van der Waals surface area (Å²) in [7, 11) is 0. The van der Waals surface area contributed by atoms with Crippen molar-refractivity contribution in [2.75, 3.05) is 0 Å². The monoisotopic (exact) mass is 360 g/mol. The number of aliphatic imine (C=N–C) groups is 1. The number of Topliss-reactive ketones (excluding diaryl/α,β-unsaturated/α-hetero) is 1. The van der Waals surface area contributed by atoms with Gasteiger partial charge in [-0.05, 0) is 49.8 Å². The first-order valence-electron chi connectivity index (χ1n) is 8.13. The zero-order chi connectivity index (χ0) is 16.8. The average molecular weight is 361 g/mol. The van der Waals surface area contributed by atoms with Gasteiger partial charge in [0.2, 0.25) is 0 Å². The lowest BCUT2D eigenvalue weighted by Gasteiger charge is -2.36. The van der Waals surface area contributed by atoms with E-state index in [4.69, 9.17) is 16.6 Å². The molecule has 1 aliphatic carbocycles. The third kappa shape index (κ3) is 2.42. The standard InChI is InChI=1S/C18H17ClN2O2S/c1-10(22)16-17(23)21-15(11-6-2-4-8-13(11)19)12-7-3-5-9-14(12)20-18(21)24-16/h2,4,6,8,15-16H,3,5,7,9H2,1H3/t15-,16-/m1/s1. The van der Waals surface area contributed by atoms with Crippen LogP contribution in [0, 0.1) is 0 Å². The van der Waals surface area contributed by atoms with Crippen molar-refractivity contribution < 1.29 is 9.59 Å². The second-order valence-electron chi connectivity index (χ2n) is 6.31. The van der Waals surface area contributed by atoms with Crippen LogP contribution in [0.2, 0.25) is 5.02 Å². The molecule has 0 spiro atoms. The van der Waals surface area contributed by atoms with Crippen molar-refractivity contribution in [3.05, 3.63) is 46.1 Å². The Kier molecular flexibility index (Phi) is 4.01. The summed E-state index contributed by atoms with van der Waals surface area (Å²) in [5, 5.41) is 0.603. The van der Waals surface area contributed by atoms with Gasteiger partial charge in [0.15, 0.2) is 11.0 Å². The van der Waals surface area contributed by atoms with Crippen molar-refractivity contribution in [1.29, 1.82) is 0 Å². The van der Waals surface area contributed by atoms with Gasteiger partial charge in [0.1, 0.15) is 5.25 Å². The number of ketones is 1. The molecule has 0 unspecified atom stereocenters. The highest BCUT2D eigenvalue weighted by Crippen LogP contribution is 2.48. The molecule has 0 radical (unpaired) electrons. The number of hydrogen-bond donors (Lipinski definition) is 0. The first kappa shape index (κ1) is 15.9. The Labute approximate surface area is 150 Å². The Morgan fingerprint density at radius 1 is 1.29 bits per heavy atom.